The van der Waals surface area contributed by atoms with Crippen LogP contribution in [0.2, 0.25) is 5.02 Å². The first-order valence-electron chi connectivity index (χ1n) is 6.66. The van der Waals surface area contributed by atoms with Gasteiger partial charge < -0.3 is 0 Å². The summed E-state index contributed by atoms with van der Waals surface area (Å²) in [5.74, 6) is 0.701. The topological polar surface area (TPSA) is 38.7 Å². The second kappa shape index (κ2) is 7.08. The molecule has 0 aliphatic rings. The van der Waals surface area contributed by atoms with Crippen molar-refractivity contribution in [3.05, 3.63) is 58.7 Å². The quantitative estimate of drug-likeness (QED) is 0.549. The third kappa shape index (κ3) is 4.25. The molecule has 3 rings (SSSR count). The van der Waals surface area contributed by atoms with Crippen molar-refractivity contribution in [3.8, 4) is 10.7 Å². The summed E-state index contributed by atoms with van der Waals surface area (Å²) in [5, 5.41) is 9.19. The number of halogens is 4. The monoisotopic (exact) mass is 387 g/mol. The van der Waals surface area contributed by atoms with E-state index in [4.69, 9.17) is 11.6 Å². The molecule has 0 spiro atoms. The summed E-state index contributed by atoms with van der Waals surface area (Å²) in [7, 11) is 0. The van der Waals surface area contributed by atoms with Crippen LogP contribution in [0.15, 0.2) is 46.9 Å². The molecule has 3 aromatic rings. The fraction of sp³-hybridized carbons (Fsp3) is 0.133. The fourth-order valence-electron chi connectivity index (χ4n) is 1.79. The van der Waals surface area contributed by atoms with Crippen molar-refractivity contribution in [2.75, 3.05) is 0 Å². The molecular weight excluding hydrogens is 379 g/mol. The van der Waals surface area contributed by atoms with E-state index in [1.54, 1.807) is 0 Å². The van der Waals surface area contributed by atoms with Crippen LogP contribution in [0.1, 0.15) is 11.1 Å². The molecule has 0 unspecified atom stereocenters. The Morgan fingerprint density at radius 3 is 2.42 bits per heavy atom. The fourth-order valence-corrected chi connectivity index (χ4v) is 3.70. The van der Waals surface area contributed by atoms with Gasteiger partial charge in [0.05, 0.1) is 5.56 Å². The van der Waals surface area contributed by atoms with Gasteiger partial charge in [-0.15, -0.1) is 10.2 Å². The van der Waals surface area contributed by atoms with E-state index in [0.717, 1.165) is 22.2 Å². The van der Waals surface area contributed by atoms with E-state index in [0.29, 0.717) is 21.5 Å². The summed E-state index contributed by atoms with van der Waals surface area (Å²) in [6.07, 6.45) is -3.59. The predicted molar refractivity (Wildman–Crippen MR) is 89.2 cm³/mol. The zero-order valence-electron chi connectivity index (χ0n) is 11.9. The first-order chi connectivity index (χ1) is 11.4. The maximum Gasteiger partial charge on any atom is 0.417 e. The number of benzene rings is 1. The summed E-state index contributed by atoms with van der Waals surface area (Å²) < 4.78 is 38.3. The average molecular weight is 388 g/mol. The van der Waals surface area contributed by atoms with Gasteiger partial charge in [0.2, 0.25) is 0 Å². The second-order valence-corrected chi connectivity index (χ2v) is 7.35. The van der Waals surface area contributed by atoms with E-state index in [1.165, 1.54) is 29.2 Å². The van der Waals surface area contributed by atoms with Crippen LogP contribution in [-0.4, -0.2) is 15.2 Å². The predicted octanol–water partition coefficient (Wildman–Crippen LogP) is 5.56. The van der Waals surface area contributed by atoms with E-state index >= 15 is 0 Å². The molecule has 3 nitrogen and oxygen atoms in total. The average Bonchev–Trinajstić information content (AvgIpc) is 3.03. The molecule has 0 radical (unpaired) electrons. The minimum absolute atomic E-state index is 0.374. The molecule has 0 saturated carbocycles. The molecular formula is C15H9ClF3N3S2. The summed E-state index contributed by atoms with van der Waals surface area (Å²) in [6.45, 7) is 0. The van der Waals surface area contributed by atoms with Crippen molar-refractivity contribution in [1.82, 2.24) is 15.2 Å². The van der Waals surface area contributed by atoms with Crippen LogP contribution >= 0.6 is 34.7 Å². The SMILES string of the molecule is FC(F)(F)c1ccc(-c2nnc(SCc3ccc(Cl)cc3)s2)nc1. The van der Waals surface area contributed by atoms with Gasteiger partial charge >= 0.3 is 6.18 Å². The maximum absolute atomic E-state index is 12.5. The van der Waals surface area contributed by atoms with E-state index in [-0.39, 0.29) is 0 Å². The molecule has 0 amide bonds. The molecule has 9 heteroatoms. The van der Waals surface area contributed by atoms with Gasteiger partial charge in [-0.25, -0.2) is 0 Å². The van der Waals surface area contributed by atoms with Crippen molar-refractivity contribution in [2.24, 2.45) is 0 Å². The van der Waals surface area contributed by atoms with Gasteiger partial charge in [-0.1, -0.05) is 46.8 Å². The summed E-state index contributed by atoms with van der Waals surface area (Å²) in [5.41, 5.74) is 0.681. The van der Waals surface area contributed by atoms with Crippen LogP contribution in [0, 0.1) is 0 Å². The largest absolute Gasteiger partial charge is 0.417 e. The molecule has 124 valence electrons. The van der Waals surface area contributed by atoms with Crippen LogP contribution in [0.4, 0.5) is 13.2 Å². The van der Waals surface area contributed by atoms with Crippen molar-refractivity contribution < 1.29 is 13.2 Å². The molecule has 2 aromatic heterocycles. The molecule has 1 aromatic carbocycles. The smallest absolute Gasteiger partial charge is 0.253 e. The number of pyridine rings is 1. The maximum atomic E-state index is 12.5. The minimum atomic E-state index is -4.40. The van der Waals surface area contributed by atoms with Crippen molar-refractivity contribution >= 4 is 34.7 Å². The van der Waals surface area contributed by atoms with Gasteiger partial charge in [-0.05, 0) is 29.8 Å². The highest BCUT2D eigenvalue weighted by Gasteiger charge is 2.30. The van der Waals surface area contributed by atoms with E-state index in [2.05, 4.69) is 15.2 Å². The van der Waals surface area contributed by atoms with Crippen molar-refractivity contribution in [1.29, 1.82) is 0 Å². The molecule has 0 aliphatic carbocycles. The highest BCUT2D eigenvalue weighted by molar-refractivity contribution is 8.00. The number of thioether (sulfide) groups is 1. The van der Waals surface area contributed by atoms with E-state index in [9.17, 15) is 13.2 Å². The van der Waals surface area contributed by atoms with Gasteiger partial charge in [0.15, 0.2) is 9.35 Å². The Hall–Kier alpha value is -1.64. The van der Waals surface area contributed by atoms with Gasteiger partial charge in [-0.3, -0.25) is 4.98 Å². The molecule has 0 aliphatic heterocycles. The lowest BCUT2D eigenvalue weighted by molar-refractivity contribution is -0.137. The van der Waals surface area contributed by atoms with Crippen LogP contribution in [0.3, 0.4) is 0 Å². The van der Waals surface area contributed by atoms with Crippen molar-refractivity contribution in [2.45, 2.75) is 16.3 Å². The summed E-state index contributed by atoms with van der Waals surface area (Å²) in [6, 6.07) is 9.77. The first-order valence-corrected chi connectivity index (χ1v) is 8.84. The van der Waals surface area contributed by atoms with Crippen LogP contribution in [-0.2, 0) is 11.9 Å². The zero-order valence-corrected chi connectivity index (χ0v) is 14.3. The molecule has 0 bridgehead atoms. The van der Waals surface area contributed by atoms with E-state index < -0.39 is 11.7 Å². The van der Waals surface area contributed by atoms with Crippen molar-refractivity contribution in [3.63, 3.8) is 0 Å². The summed E-state index contributed by atoms with van der Waals surface area (Å²) >= 11 is 8.62. The molecule has 2 heterocycles. The van der Waals surface area contributed by atoms with Crippen LogP contribution < -0.4 is 0 Å². The van der Waals surface area contributed by atoms with Gasteiger partial charge in [0, 0.05) is 17.0 Å². The zero-order chi connectivity index (χ0) is 17.2. The standard InChI is InChI=1S/C15H9ClF3N3S2/c16-11-4-1-9(2-5-11)8-23-14-22-21-13(24-14)12-6-3-10(7-20-12)15(17,18)19/h1-7H,8H2. The third-order valence-electron chi connectivity index (χ3n) is 2.99. The van der Waals surface area contributed by atoms with Crippen LogP contribution in [0.25, 0.3) is 10.7 Å². The van der Waals surface area contributed by atoms with Crippen LogP contribution in [0.5, 0.6) is 0 Å². The number of rotatable bonds is 4. The Bertz CT molecular complexity index is 817. The number of aromatic nitrogens is 3. The Morgan fingerprint density at radius 1 is 1.04 bits per heavy atom. The third-order valence-corrected chi connectivity index (χ3v) is 5.39. The Balaban J connectivity index is 1.68. The molecule has 24 heavy (non-hydrogen) atoms. The minimum Gasteiger partial charge on any atom is -0.253 e. The lowest BCUT2D eigenvalue weighted by atomic mass is 10.2. The number of nitrogens with zero attached hydrogens (tertiary/aromatic N) is 3. The Labute approximate surface area is 148 Å². The highest BCUT2D eigenvalue weighted by atomic mass is 35.5. The molecule has 0 atom stereocenters. The number of hydrogen-bond donors (Lipinski definition) is 0. The van der Waals surface area contributed by atoms with Gasteiger partial charge in [0.25, 0.3) is 0 Å². The lowest BCUT2D eigenvalue weighted by Crippen LogP contribution is -2.05. The normalized spacial score (nSPS) is 11.7. The number of hydrogen-bond acceptors (Lipinski definition) is 5. The first kappa shape index (κ1) is 17.2. The molecule has 0 fully saturated rings. The molecule has 0 N–H and O–H groups in total. The van der Waals surface area contributed by atoms with Gasteiger partial charge in [-0.2, -0.15) is 13.2 Å². The lowest BCUT2D eigenvalue weighted by Gasteiger charge is -2.05. The van der Waals surface area contributed by atoms with E-state index in [1.807, 2.05) is 24.3 Å². The van der Waals surface area contributed by atoms with Gasteiger partial charge in [0.1, 0.15) is 5.69 Å². The highest BCUT2D eigenvalue weighted by Crippen LogP contribution is 2.32. The number of alkyl halides is 3. The Kier molecular flexibility index (Phi) is 5.07. The summed E-state index contributed by atoms with van der Waals surface area (Å²) in [4.78, 5) is 3.82. The Morgan fingerprint density at radius 2 is 1.79 bits per heavy atom. The second-order valence-electron chi connectivity index (χ2n) is 4.72. The molecule has 0 saturated heterocycles.